The van der Waals surface area contributed by atoms with Gasteiger partial charge in [0.2, 0.25) is 0 Å². The number of hydrogen-bond acceptors (Lipinski definition) is 6. The van der Waals surface area contributed by atoms with Gasteiger partial charge in [-0.1, -0.05) is 12.2 Å². The Hall–Kier alpha value is -1.70. The number of nitrogens with zero attached hydrogens (tertiary/aromatic N) is 2. The zero-order chi connectivity index (χ0) is 17.8. The fraction of sp³-hybridized carbons (Fsp3) is 0.733. The first-order chi connectivity index (χ1) is 10.5. The Bertz CT molecular complexity index is 501. The highest BCUT2D eigenvalue weighted by molar-refractivity contribution is 7.80. The molecule has 8 heteroatoms. The van der Waals surface area contributed by atoms with Gasteiger partial charge < -0.3 is 14.4 Å². The van der Waals surface area contributed by atoms with E-state index in [1.807, 2.05) is 0 Å². The number of methoxy groups -OCH3 is 1. The van der Waals surface area contributed by atoms with Gasteiger partial charge in [0.15, 0.2) is 6.04 Å². The van der Waals surface area contributed by atoms with Gasteiger partial charge in [0.1, 0.15) is 11.4 Å². The summed E-state index contributed by atoms with van der Waals surface area (Å²) in [6, 6.07) is -0.812. The molecule has 1 saturated heterocycles. The highest BCUT2D eigenvalue weighted by Crippen LogP contribution is 2.18. The fourth-order valence-corrected chi connectivity index (χ4v) is 2.58. The minimum absolute atomic E-state index is 0.0424. The van der Waals surface area contributed by atoms with E-state index in [4.69, 9.17) is 21.7 Å². The van der Waals surface area contributed by atoms with Crippen molar-refractivity contribution < 1.29 is 23.9 Å². The topological polar surface area (TPSA) is 76.2 Å². The lowest BCUT2D eigenvalue weighted by Gasteiger charge is -2.41. The molecule has 1 heterocycles. The molecule has 1 atom stereocenters. The van der Waals surface area contributed by atoms with Crippen LogP contribution in [0.4, 0.5) is 4.79 Å². The Balaban J connectivity index is 2.86. The van der Waals surface area contributed by atoms with Crippen molar-refractivity contribution >= 4 is 35.1 Å². The van der Waals surface area contributed by atoms with Crippen LogP contribution < -0.4 is 0 Å². The molecule has 0 aromatic heterocycles. The van der Waals surface area contributed by atoms with Crippen molar-refractivity contribution in [1.82, 2.24) is 9.80 Å². The van der Waals surface area contributed by atoms with Crippen molar-refractivity contribution in [1.29, 1.82) is 0 Å². The quantitative estimate of drug-likeness (QED) is 0.565. The van der Waals surface area contributed by atoms with E-state index in [9.17, 15) is 14.4 Å². The molecule has 1 amide bonds. The van der Waals surface area contributed by atoms with Gasteiger partial charge in [-0.15, -0.1) is 0 Å². The SMILES string of the molecule is COC(=O)C1CN(C(=S)CC(C)=O)CCN1C(=O)OC(C)(C)C. The average molecular weight is 344 g/mol. The molecule has 1 aliphatic rings. The second-order valence-corrected chi connectivity index (χ2v) is 6.90. The number of carbonyl (C=O) groups excluding carboxylic acids is 3. The van der Waals surface area contributed by atoms with Gasteiger partial charge >= 0.3 is 12.1 Å². The first kappa shape index (κ1) is 19.3. The van der Waals surface area contributed by atoms with Gasteiger partial charge in [0, 0.05) is 19.6 Å². The number of hydrogen-bond donors (Lipinski definition) is 0. The van der Waals surface area contributed by atoms with E-state index in [0.29, 0.717) is 11.5 Å². The van der Waals surface area contributed by atoms with Crippen molar-refractivity contribution in [2.24, 2.45) is 0 Å². The number of carbonyl (C=O) groups is 3. The van der Waals surface area contributed by atoms with Gasteiger partial charge in [-0.25, -0.2) is 9.59 Å². The summed E-state index contributed by atoms with van der Waals surface area (Å²) in [5, 5.41) is 0. The van der Waals surface area contributed by atoms with Gasteiger partial charge in [-0.05, 0) is 27.7 Å². The first-order valence-electron chi connectivity index (χ1n) is 7.40. The highest BCUT2D eigenvalue weighted by Gasteiger charge is 2.38. The molecule has 0 N–H and O–H groups in total. The van der Waals surface area contributed by atoms with Crippen molar-refractivity contribution in [3.05, 3.63) is 0 Å². The summed E-state index contributed by atoms with van der Waals surface area (Å²) >= 11 is 5.24. The summed E-state index contributed by atoms with van der Waals surface area (Å²) in [4.78, 5) is 39.1. The first-order valence-corrected chi connectivity index (χ1v) is 7.80. The van der Waals surface area contributed by atoms with E-state index in [-0.39, 0.29) is 25.3 Å². The van der Waals surface area contributed by atoms with Crippen LogP contribution in [0.2, 0.25) is 0 Å². The number of thiocarbonyl (C=S) groups is 1. The Morgan fingerprint density at radius 2 is 1.83 bits per heavy atom. The molecule has 23 heavy (non-hydrogen) atoms. The normalized spacial score (nSPS) is 18.4. The number of Topliss-reactive ketones (excluding diaryl/α,β-unsaturated/α-hetero) is 1. The van der Waals surface area contributed by atoms with Crippen LogP contribution in [0.3, 0.4) is 0 Å². The fourth-order valence-electron chi connectivity index (χ4n) is 2.21. The summed E-state index contributed by atoms with van der Waals surface area (Å²) in [5.41, 5.74) is -0.654. The predicted molar refractivity (Wildman–Crippen MR) is 88.2 cm³/mol. The van der Waals surface area contributed by atoms with Crippen LogP contribution in [-0.2, 0) is 19.1 Å². The number of amides is 1. The second-order valence-electron chi connectivity index (χ2n) is 6.43. The summed E-state index contributed by atoms with van der Waals surface area (Å²) in [6.07, 6.45) is -0.416. The molecule has 1 fully saturated rings. The summed E-state index contributed by atoms with van der Waals surface area (Å²) in [6.45, 7) is 7.65. The van der Waals surface area contributed by atoms with Gasteiger partial charge in [-0.2, -0.15) is 0 Å². The molecule has 0 aromatic carbocycles. The molecular weight excluding hydrogens is 320 g/mol. The molecule has 0 spiro atoms. The molecule has 7 nitrogen and oxygen atoms in total. The zero-order valence-electron chi connectivity index (χ0n) is 14.2. The smallest absolute Gasteiger partial charge is 0.411 e. The molecule has 0 aromatic rings. The Morgan fingerprint density at radius 3 is 2.30 bits per heavy atom. The molecule has 0 aliphatic carbocycles. The molecular formula is C15H24N2O5S. The van der Waals surface area contributed by atoms with Crippen LogP contribution in [0.25, 0.3) is 0 Å². The Morgan fingerprint density at radius 1 is 1.22 bits per heavy atom. The third-order valence-corrected chi connectivity index (χ3v) is 3.64. The maximum atomic E-state index is 12.3. The maximum absolute atomic E-state index is 12.3. The van der Waals surface area contributed by atoms with Crippen LogP contribution in [0.5, 0.6) is 0 Å². The lowest BCUT2D eigenvalue weighted by Crippen LogP contribution is -2.60. The van der Waals surface area contributed by atoms with Crippen LogP contribution in [0.15, 0.2) is 0 Å². The van der Waals surface area contributed by atoms with E-state index in [2.05, 4.69) is 0 Å². The van der Waals surface area contributed by atoms with Gasteiger partial charge in [-0.3, -0.25) is 9.69 Å². The minimum Gasteiger partial charge on any atom is -0.467 e. The van der Waals surface area contributed by atoms with E-state index >= 15 is 0 Å². The molecule has 0 saturated carbocycles. The molecule has 1 rings (SSSR count). The van der Waals surface area contributed by atoms with E-state index in [1.54, 1.807) is 25.7 Å². The van der Waals surface area contributed by atoms with E-state index in [1.165, 1.54) is 18.9 Å². The van der Waals surface area contributed by atoms with Crippen molar-refractivity contribution in [3.8, 4) is 0 Å². The second kappa shape index (κ2) is 7.72. The van der Waals surface area contributed by atoms with E-state index in [0.717, 1.165) is 0 Å². The van der Waals surface area contributed by atoms with Crippen molar-refractivity contribution in [3.63, 3.8) is 0 Å². The van der Waals surface area contributed by atoms with Crippen LogP contribution >= 0.6 is 12.2 Å². The summed E-state index contributed by atoms with van der Waals surface area (Å²) < 4.78 is 10.1. The predicted octanol–water partition coefficient (Wildman–Crippen LogP) is 1.39. The van der Waals surface area contributed by atoms with Gasteiger partial charge in [0.05, 0.1) is 18.5 Å². The highest BCUT2D eigenvalue weighted by atomic mass is 32.1. The maximum Gasteiger partial charge on any atom is 0.411 e. The van der Waals surface area contributed by atoms with Gasteiger partial charge in [0.25, 0.3) is 0 Å². The zero-order valence-corrected chi connectivity index (χ0v) is 15.1. The molecule has 1 unspecified atom stereocenters. The number of esters is 1. The van der Waals surface area contributed by atoms with Crippen LogP contribution in [0.1, 0.15) is 34.1 Å². The summed E-state index contributed by atoms with van der Waals surface area (Å²) in [7, 11) is 1.27. The summed E-state index contributed by atoms with van der Waals surface area (Å²) in [5.74, 6) is -0.578. The standard InChI is InChI=1S/C15H24N2O5S/c1-10(18)8-12(23)16-6-7-17(11(9-16)13(19)21-5)14(20)22-15(2,3)4/h11H,6-9H2,1-5H3. The van der Waals surface area contributed by atoms with Crippen LogP contribution in [0, 0.1) is 0 Å². The Kier molecular flexibility index (Phi) is 6.49. The molecule has 0 radical (unpaired) electrons. The lowest BCUT2D eigenvalue weighted by molar-refractivity contribution is -0.148. The number of ketones is 1. The van der Waals surface area contributed by atoms with Crippen LogP contribution in [-0.4, -0.2) is 71.0 Å². The average Bonchev–Trinajstić information content (AvgIpc) is 2.43. The van der Waals surface area contributed by atoms with Crippen molar-refractivity contribution in [2.45, 2.75) is 45.8 Å². The third kappa shape index (κ3) is 5.78. The monoisotopic (exact) mass is 344 g/mol. The van der Waals surface area contributed by atoms with E-state index < -0.39 is 23.7 Å². The minimum atomic E-state index is -0.812. The van der Waals surface area contributed by atoms with Crippen molar-refractivity contribution in [2.75, 3.05) is 26.7 Å². The third-order valence-electron chi connectivity index (χ3n) is 3.23. The largest absolute Gasteiger partial charge is 0.467 e. The number of rotatable bonds is 3. The number of piperazine rings is 1. The molecule has 1 aliphatic heterocycles. The molecule has 130 valence electrons. The lowest BCUT2D eigenvalue weighted by atomic mass is 10.1. The molecule has 0 bridgehead atoms. The number of ether oxygens (including phenoxy) is 2. The Labute approximate surface area is 141 Å².